The first-order valence-electron chi connectivity index (χ1n) is 10.5. The number of nitrogens with one attached hydrogen (secondary N) is 2. The molecule has 2 aromatic rings. The standard InChI is InChI=1S/C24H25FN2O4S/c1-3-30-24(29)20(8-9-32-2)26-12-14-4-6-17-15(10-14)13-31-22(17)21-18-11-16(25)5-7-19(18)27-23(21)28/h4-7,10-11,20,26H,3,8-9,12-13H2,1-2H3,(H,27,28)/t20-/m0/s1. The van der Waals surface area contributed by atoms with Crippen molar-refractivity contribution in [1.29, 1.82) is 0 Å². The molecule has 1 amide bonds. The van der Waals surface area contributed by atoms with E-state index in [0.29, 0.717) is 48.8 Å². The fraction of sp³-hybridized carbons (Fsp3) is 0.333. The van der Waals surface area contributed by atoms with Crippen LogP contribution in [0.15, 0.2) is 36.4 Å². The molecule has 2 N–H and O–H groups in total. The van der Waals surface area contributed by atoms with Crippen LogP contribution in [0.5, 0.6) is 0 Å². The van der Waals surface area contributed by atoms with Crippen LogP contribution in [0, 0.1) is 5.82 Å². The van der Waals surface area contributed by atoms with E-state index in [1.54, 1.807) is 24.8 Å². The van der Waals surface area contributed by atoms with Gasteiger partial charge in [0.2, 0.25) is 0 Å². The van der Waals surface area contributed by atoms with E-state index >= 15 is 0 Å². The molecule has 1 atom stereocenters. The molecular formula is C24H25FN2O4S. The fourth-order valence-electron chi connectivity index (χ4n) is 3.92. The van der Waals surface area contributed by atoms with Crippen molar-refractivity contribution in [2.24, 2.45) is 0 Å². The van der Waals surface area contributed by atoms with E-state index in [-0.39, 0.29) is 17.9 Å². The van der Waals surface area contributed by atoms with Gasteiger partial charge in [-0.1, -0.05) is 18.2 Å². The second kappa shape index (κ2) is 9.75. The lowest BCUT2D eigenvalue weighted by molar-refractivity contribution is -0.145. The third kappa shape index (κ3) is 4.52. The molecule has 0 saturated carbocycles. The number of halogens is 1. The lowest BCUT2D eigenvalue weighted by Gasteiger charge is -2.17. The van der Waals surface area contributed by atoms with Gasteiger partial charge in [-0.05, 0) is 49.1 Å². The number of hydrogen-bond acceptors (Lipinski definition) is 6. The van der Waals surface area contributed by atoms with E-state index in [4.69, 9.17) is 9.47 Å². The molecule has 6 nitrogen and oxygen atoms in total. The molecule has 0 radical (unpaired) electrons. The summed E-state index contributed by atoms with van der Waals surface area (Å²) in [7, 11) is 0. The minimum Gasteiger partial charge on any atom is -0.487 e. The van der Waals surface area contributed by atoms with E-state index in [1.807, 2.05) is 24.5 Å². The lowest BCUT2D eigenvalue weighted by Crippen LogP contribution is -2.38. The largest absolute Gasteiger partial charge is 0.487 e. The molecule has 2 aromatic carbocycles. The van der Waals surface area contributed by atoms with E-state index < -0.39 is 5.82 Å². The summed E-state index contributed by atoms with van der Waals surface area (Å²) < 4.78 is 24.8. The van der Waals surface area contributed by atoms with E-state index in [0.717, 1.165) is 22.4 Å². The predicted molar refractivity (Wildman–Crippen MR) is 123 cm³/mol. The topological polar surface area (TPSA) is 76.7 Å². The Morgan fingerprint density at radius 2 is 2.12 bits per heavy atom. The molecule has 8 heteroatoms. The molecule has 0 saturated heterocycles. The number of anilines is 1. The molecule has 0 aliphatic carbocycles. The number of benzene rings is 2. The van der Waals surface area contributed by atoms with Gasteiger partial charge in [0.15, 0.2) is 0 Å². The first kappa shape index (κ1) is 22.4. The summed E-state index contributed by atoms with van der Waals surface area (Å²) in [6.07, 6.45) is 2.70. The molecule has 0 unspecified atom stereocenters. The van der Waals surface area contributed by atoms with Crippen molar-refractivity contribution in [2.75, 3.05) is 23.9 Å². The number of amides is 1. The second-order valence-corrected chi connectivity index (χ2v) is 8.58. The summed E-state index contributed by atoms with van der Waals surface area (Å²) in [4.78, 5) is 24.8. The van der Waals surface area contributed by atoms with Gasteiger partial charge >= 0.3 is 5.97 Å². The molecule has 0 spiro atoms. The van der Waals surface area contributed by atoms with Gasteiger partial charge in [0.1, 0.15) is 24.2 Å². The maximum Gasteiger partial charge on any atom is 0.323 e. The Labute approximate surface area is 190 Å². The van der Waals surface area contributed by atoms with Gasteiger partial charge in [0.25, 0.3) is 5.91 Å². The molecule has 2 aliphatic rings. The average Bonchev–Trinajstić information content (AvgIpc) is 3.32. The van der Waals surface area contributed by atoms with Crippen LogP contribution in [0.1, 0.15) is 35.6 Å². The summed E-state index contributed by atoms with van der Waals surface area (Å²) in [6, 6.07) is 9.71. The maximum atomic E-state index is 13.8. The highest BCUT2D eigenvalue weighted by molar-refractivity contribution is 7.98. The van der Waals surface area contributed by atoms with Crippen LogP contribution in [0.25, 0.3) is 11.3 Å². The molecule has 32 heavy (non-hydrogen) atoms. The van der Waals surface area contributed by atoms with Gasteiger partial charge in [0.05, 0.1) is 12.2 Å². The zero-order chi connectivity index (χ0) is 22.7. The van der Waals surface area contributed by atoms with Gasteiger partial charge in [-0.2, -0.15) is 11.8 Å². The highest BCUT2D eigenvalue weighted by Gasteiger charge is 2.32. The number of carbonyl (C=O) groups excluding carboxylic acids is 2. The van der Waals surface area contributed by atoms with Crippen molar-refractivity contribution in [3.8, 4) is 0 Å². The first-order valence-corrected chi connectivity index (χ1v) is 11.9. The number of carbonyl (C=O) groups is 2. The molecule has 0 bridgehead atoms. The Balaban J connectivity index is 1.55. The van der Waals surface area contributed by atoms with Crippen molar-refractivity contribution in [3.05, 3.63) is 64.5 Å². The quantitative estimate of drug-likeness (QED) is 0.463. The van der Waals surface area contributed by atoms with E-state index in [1.165, 1.54) is 12.1 Å². The number of ether oxygens (including phenoxy) is 2. The Morgan fingerprint density at radius 1 is 1.28 bits per heavy atom. The number of rotatable bonds is 8. The third-order valence-electron chi connectivity index (χ3n) is 5.47. The van der Waals surface area contributed by atoms with E-state index in [2.05, 4.69) is 10.6 Å². The van der Waals surface area contributed by atoms with Crippen LogP contribution in [0.2, 0.25) is 0 Å². The summed E-state index contributed by atoms with van der Waals surface area (Å²) in [6.45, 7) is 2.98. The minimum absolute atomic E-state index is 0.240. The van der Waals surface area contributed by atoms with Gasteiger partial charge < -0.3 is 20.1 Å². The zero-order valence-corrected chi connectivity index (χ0v) is 18.8. The van der Waals surface area contributed by atoms with Crippen LogP contribution >= 0.6 is 11.8 Å². The highest BCUT2D eigenvalue weighted by atomic mass is 32.2. The molecule has 4 rings (SSSR count). The number of esters is 1. The third-order valence-corrected chi connectivity index (χ3v) is 6.12. The van der Waals surface area contributed by atoms with Crippen molar-refractivity contribution in [2.45, 2.75) is 32.5 Å². The second-order valence-electron chi connectivity index (χ2n) is 7.60. The number of fused-ring (bicyclic) bond motifs is 2. The average molecular weight is 457 g/mol. The van der Waals surface area contributed by atoms with Crippen molar-refractivity contribution in [1.82, 2.24) is 5.32 Å². The monoisotopic (exact) mass is 456 g/mol. The van der Waals surface area contributed by atoms with Crippen molar-refractivity contribution >= 4 is 40.7 Å². The molecule has 0 aromatic heterocycles. The summed E-state index contributed by atoms with van der Waals surface area (Å²) in [5.41, 5.74) is 4.20. The zero-order valence-electron chi connectivity index (χ0n) is 18.0. The normalized spacial score (nSPS) is 17.4. The van der Waals surface area contributed by atoms with Crippen LogP contribution in [-0.2, 0) is 32.2 Å². The molecule has 2 aliphatic heterocycles. The molecular weight excluding hydrogens is 431 g/mol. The smallest absolute Gasteiger partial charge is 0.323 e. The van der Waals surface area contributed by atoms with Gasteiger partial charge in [-0.25, -0.2) is 4.39 Å². The SMILES string of the molecule is CCOC(=O)[C@H](CCSC)NCc1ccc2c(c1)COC2=C1C(=O)Nc2ccc(F)cc21. The highest BCUT2D eigenvalue weighted by Crippen LogP contribution is 2.41. The van der Waals surface area contributed by atoms with E-state index in [9.17, 15) is 14.0 Å². The minimum atomic E-state index is -0.407. The van der Waals surface area contributed by atoms with Crippen molar-refractivity contribution in [3.63, 3.8) is 0 Å². The van der Waals surface area contributed by atoms with Crippen LogP contribution in [0.3, 0.4) is 0 Å². The lowest BCUT2D eigenvalue weighted by atomic mass is 9.99. The van der Waals surface area contributed by atoms with Gasteiger partial charge in [-0.15, -0.1) is 0 Å². The Hall–Kier alpha value is -2.84. The fourth-order valence-corrected chi connectivity index (χ4v) is 4.39. The molecule has 2 heterocycles. The first-order chi connectivity index (χ1) is 15.5. The van der Waals surface area contributed by atoms with Crippen LogP contribution in [0.4, 0.5) is 10.1 Å². The Morgan fingerprint density at radius 3 is 2.91 bits per heavy atom. The van der Waals surface area contributed by atoms with Crippen LogP contribution in [-0.4, -0.2) is 36.5 Å². The molecule has 0 fully saturated rings. The number of hydrogen-bond donors (Lipinski definition) is 2. The van der Waals surface area contributed by atoms with Gasteiger partial charge in [0, 0.05) is 28.9 Å². The molecule has 168 valence electrons. The van der Waals surface area contributed by atoms with Crippen molar-refractivity contribution < 1.29 is 23.5 Å². The summed E-state index contributed by atoms with van der Waals surface area (Å²) in [5.74, 6) is 0.373. The summed E-state index contributed by atoms with van der Waals surface area (Å²) >= 11 is 1.69. The maximum absolute atomic E-state index is 13.8. The summed E-state index contributed by atoms with van der Waals surface area (Å²) in [5, 5.41) is 6.06. The Kier molecular flexibility index (Phi) is 6.81. The Bertz CT molecular complexity index is 1090. The van der Waals surface area contributed by atoms with Crippen LogP contribution < -0.4 is 10.6 Å². The van der Waals surface area contributed by atoms with Gasteiger partial charge in [-0.3, -0.25) is 9.59 Å². The predicted octanol–water partition coefficient (Wildman–Crippen LogP) is 3.95. The number of thioether (sulfide) groups is 1.